The highest BCUT2D eigenvalue weighted by Crippen LogP contribution is 2.59. The molecule has 0 saturated carbocycles. The number of amides is 1. The molecule has 7 nitrogen and oxygen atoms in total. The molecule has 0 saturated heterocycles. The molecule has 8 heteroatoms. The van der Waals surface area contributed by atoms with Gasteiger partial charge in [0.25, 0.3) is 0 Å². The van der Waals surface area contributed by atoms with Crippen LogP contribution >= 0.6 is 7.60 Å². The molecular formula is C20H26NO6P. The minimum Gasteiger partial charge on any atom is -0.497 e. The highest BCUT2D eigenvalue weighted by molar-refractivity contribution is 7.54. The maximum Gasteiger partial charge on any atom is 0.408 e. The normalized spacial score (nSPS) is 12.2. The summed E-state index contributed by atoms with van der Waals surface area (Å²) in [5.74, 6) is -0.376. The summed E-state index contributed by atoms with van der Waals surface area (Å²) in [6.07, 6.45) is -0.718. The maximum atomic E-state index is 13.3. The molecule has 2 aromatic rings. The Bertz CT molecular complexity index is 771. The van der Waals surface area contributed by atoms with Crippen molar-refractivity contribution in [2.75, 3.05) is 20.3 Å². The van der Waals surface area contributed by atoms with E-state index in [4.69, 9.17) is 18.5 Å². The number of benzene rings is 2. The largest absolute Gasteiger partial charge is 0.497 e. The first-order chi connectivity index (χ1) is 13.5. The van der Waals surface area contributed by atoms with E-state index >= 15 is 0 Å². The Hall–Kier alpha value is -2.34. The average Bonchev–Trinajstić information content (AvgIpc) is 2.71. The lowest BCUT2D eigenvalue weighted by Crippen LogP contribution is -2.30. The Balaban J connectivity index is 2.21. The Labute approximate surface area is 165 Å². The molecule has 0 unspecified atom stereocenters. The van der Waals surface area contributed by atoms with E-state index in [-0.39, 0.29) is 19.8 Å². The Morgan fingerprint density at radius 1 is 1.00 bits per heavy atom. The number of rotatable bonds is 10. The van der Waals surface area contributed by atoms with Crippen molar-refractivity contribution >= 4 is 13.7 Å². The van der Waals surface area contributed by atoms with Crippen molar-refractivity contribution < 1.29 is 27.9 Å². The van der Waals surface area contributed by atoms with Gasteiger partial charge in [-0.3, -0.25) is 4.57 Å². The number of alkyl carbamates (subject to hydrolysis) is 1. The molecule has 152 valence electrons. The van der Waals surface area contributed by atoms with E-state index in [9.17, 15) is 9.36 Å². The van der Waals surface area contributed by atoms with Crippen LogP contribution < -0.4 is 10.1 Å². The minimum absolute atomic E-state index is 0.0928. The van der Waals surface area contributed by atoms with Gasteiger partial charge in [-0.15, -0.1) is 0 Å². The van der Waals surface area contributed by atoms with E-state index in [1.54, 1.807) is 45.2 Å². The second-order valence-corrected chi connectivity index (χ2v) is 7.87. The van der Waals surface area contributed by atoms with Gasteiger partial charge in [0.15, 0.2) is 5.78 Å². The van der Waals surface area contributed by atoms with E-state index in [0.29, 0.717) is 11.3 Å². The SMILES string of the molecule is CCOP(=O)(OCC)[C@H](NC(=O)OCc1ccccc1)c1ccc(OC)cc1. The molecule has 0 spiro atoms. The molecule has 1 amide bonds. The van der Waals surface area contributed by atoms with Crippen LogP contribution in [0.5, 0.6) is 5.75 Å². The number of nitrogens with one attached hydrogen (secondary N) is 1. The molecular weight excluding hydrogens is 381 g/mol. The van der Waals surface area contributed by atoms with Crippen LogP contribution in [0.3, 0.4) is 0 Å². The van der Waals surface area contributed by atoms with Crippen molar-refractivity contribution in [1.82, 2.24) is 5.32 Å². The molecule has 0 aliphatic carbocycles. The molecule has 0 aliphatic heterocycles. The summed E-state index contributed by atoms with van der Waals surface area (Å²) < 4.78 is 34.6. The maximum absolute atomic E-state index is 13.3. The second-order valence-electron chi connectivity index (χ2n) is 5.76. The molecule has 1 N–H and O–H groups in total. The Morgan fingerprint density at radius 2 is 1.61 bits per heavy atom. The Morgan fingerprint density at radius 3 is 2.14 bits per heavy atom. The number of methoxy groups -OCH3 is 1. The number of hydrogen-bond acceptors (Lipinski definition) is 6. The summed E-state index contributed by atoms with van der Waals surface area (Å²) in [4.78, 5) is 12.4. The van der Waals surface area contributed by atoms with Crippen LogP contribution in [0.4, 0.5) is 4.79 Å². The van der Waals surface area contributed by atoms with E-state index < -0.39 is 19.5 Å². The predicted molar refractivity (Wildman–Crippen MR) is 106 cm³/mol. The zero-order chi connectivity index (χ0) is 20.4. The molecule has 0 aromatic heterocycles. The van der Waals surface area contributed by atoms with Crippen LogP contribution in [0.2, 0.25) is 0 Å². The zero-order valence-electron chi connectivity index (χ0n) is 16.3. The second kappa shape index (κ2) is 10.9. The van der Waals surface area contributed by atoms with Crippen LogP contribution in [-0.4, -0.2) is 26.4 Å². The van der Waals surface area contributed by atoms with Crippen molar-refractivity contribution in [3.8, 4) is 5.75 Å². The minimum atomic E-state index is -3.68. The third-order valence-electron chi connectivity index (χ3n) is 3.83. The van der Waals surface area contributed by atoms with Crippen LogP contribution in [0.15, 0.2) is 54.6 Å². The van der Waals surface area contributed by atoms with Gasteiger partial charge < -0.3 is 23.8 Å². The van der Waals surface area contributed by atoms with Gasteiger partial charge >= 0.3 is 13.7 Å². The van der Waals surface area contributed by atoms with Crippen LogP contribution in [-0.2, 0) is 25.0 Å². The molecule has 1 atom stereocenters. The summed E-state index contributed by atoms with van der Waals surface area (Å²) in [7, 11) is -2.12. The molecule has 2 aromatic carbocycles. The summed E-state index contributed by atoms with van der Waals surface area (Å²) in [5.41, 5.74) is 1.40. The fourth-order valence-electron chi connectivity index (χ4n) is 2.55. The van der Waals surface area contributed by atoms with Crippen molar-refractivity contribution in [2.24, 2.45) is 0 Å². The van der Waals surface area contributed by atoms with Gasteiger partial charge in [-0.2, -0.15) is 0 Å². The van der Waals surface area contributed by atoms with Gasteiger partial charge in [-0.05, 0) is 37.1 Å². The van der Waals surface area contributed by atoms with Crippen molar-refractivity contribution in [3.05, 3.63) is 65.7 Å². The van der Waals surface area contributed by atoms with Crippen LogP contribution in [0, 0.1) is 0 Å². The highest BCUT2D eigenvalue weighted by Gasteiger charge is 2.38. The first kappa shape index (κ1) is 22.0. The molecule has 0 bridgehead atoms. The molecule has 28 heavy (non-hydrogen) atoms. The topological polar surface area (TPSA) is 83.1 Å². The first-order valence-electron chi connectivity index (χ1n) is 9.02. The summed E-state index contributed by atoms with van der Waals surface area (Å²) in [6, 6.07) is 16.1. The van der Waals surface area contributed by atoms with Crippen molar-refractivity contribution in [3.63, 3.8) is 0 Å². The third-order valence-corrected chi connectivity index (χ3v) is 6.13. The van der Waals surface area contributed by atoms with Gasteiger partial charge in [0.05, 0.1) is 20.3 Å². The number of hydrogen-bond donors (Lipinski definition) is 1. The van der Waals surface area contributed by atoms with Gasteiger partial charge in [-0.25, -0.2) is 4.79 Å². The standard InChI is InChI=1S/C20H26NO6P/c1-4-26-28(23,27-5-2)19(17-11-13-18(24-3)14-12-17)21-20(22)25-15-16-9-7-6-8-10-16/h6-14,19H,4-5,15H2,1-3H3,(H,21,22)/t19-/m0/s1. The fraction of sp³-hybridized carbons (Fsp3) is 0.350. The van der Waals surface area contributed by atoms with E-state index in [1.165, 1.54) is 0 Å². The lowest BCUT2D eigenvalue weighted by Gasteiger charge is -2.27. The number of carbonyl (C=O) groups excluding carboxylic acids is 1. The van der Waals surface area contributed by atoms with E-state index in [0.717, 1.165) is 5.56 Å². The van der Waals surface area contributed by atoms with Crippen LogP contribution in [0.25, 0.3) is 0 Å². The fourth-order valence-corrected chi connectivity index (χ4v) is 4.45. The lowest BCUT2D eigenvalue weighted by atomic mass is 10.2. The van der Waals surface area contributed by atoms with E-state index in [2.05, 4.69) is 5.32 Å². The van der Waals surface area contributed by atoms with Crippen molar-refractivity contribution in [2.45, 2.75) is 26.2 Å². The van der Waals surface area contributed by atoms with Crippen molar-refractivity contribution in [1.29, 1.82) is 0 Å². The van der Waals surface area contributed by atoms with Gasteiger partial charge in [0.1, 0.15) is 12.4 Å². The molecule has 2 rings (SSSR count). The molecule has 0 fully saturated rings. The number of ether oxygens (including phenoxy) is 2. The number of carbonyl (C=O) groups is 1. The van der Waals surface area contributed by atoms with Crippen LogP contribution in [0.1, 0.15) is 30.8 Å². The third kappa shape index (κ3) is 6.09. The Kier molecular flexibility index (Phi) is 8.51. The average molecular weight is 407 g/mol. The summed E-state index contributed by atoms with van der Waals surface area (Å²) in [5, 5.41) is 2.64. The molecule has 0 heterocycles. The van der Waals surface area contributed by atoms with Gasteiger partial charge in [0.2, 0.25) is 0 Å². The summed E-state index contributed by atoms with van der Waals surface area (Å²) in [6.45, 7) is 3.86. The molecule has 0 aliphatic rings. The van der Waals surface area contributed by atoms with Gasteiger partial charge in [-0.1, -0.05) is 42.5 Å². The highest BCUT2D eigenvalue weighted by atomic mass is 31.2. The first-order valence-corrected chi connectivity index (χ1v) is 10.6. The molecule has 0 radical (unpaired) electrons. The quantitative estimate of drug-likeness (QED) is 0.565. The zero-order valence-corrected chi connectivity index (χ0v) is 17.2. The lowest BCUT2D eigenvalue weighted by molar-refractivity contribution is 0.134. The monoisotopic (exact) mass is 407 g/mol. The van der Waals surface area contributed by atoms with E-state index in [1.807, 2.05) is 30.3 Å². The predicted octanol–water partition coefficient (Wildman–Crippen LogP) is 4.89. The van der Waals surface area contributed by atoms with Gasteiger partial charge in [0, 0.05) is 0 Å². The summed E-state index contributed by atoms with van der Waals surface area (Å²) >= 11 is 0. The smallest absolute Gasteiger partial charge is 0.408 e.